The van der Waals surface area contributed by atoms with Crippen molar-refractivity contribution in [3.05, 3.63) is 49.6 Å². The van der Waals surface area contributed by atoms with E-state index in [1.807, 2.05) is 31.2 Å². The van der Waals surface area contributed by atoms with Gasteiger partial charge in [0.25, 0.3) is 0 Å². The van der Waals surface area contributed by atoms with Gasteiger partial charge in [0.15, 0.2) is 0 Å². The summed E-state index contributed by atoms with van der Waals surface area (Å²) in [5.41, 5.74) is 1.54. The summed E-state index contributed by atoms with van der Waals surface area (Å²) in [4.78, 5) is 48.5. The highest BCUT2D eigenvalue weighted by atomic mass is 79.9. The molecule has 0 saturated carbocycles. The number of hydrogen-bond donors (Lipinski definition) is 1. The summed E-state index contributed by atoms with van der Waals surface area (Å²) in [6, 6.07) is 6.86. The molecule has 4 heterocycles. The molecule has 43 heavy (non-hydrogen) atoms. The minimum Gasteiger partial charge on any atom is -0.396 e. The second-order valence-electron chi connectivity index (χ2n) is 11.6. The van der Waals surface area contributed by atoms with E-state index >= 15 is 0 Å². The smallest absolute Gasteiger partial charge is 0.248 e. The van der Waals surface area contributed by atoms with E-state index < -0.39 is 22.6 Å². The zero-order valence-electron chi connectivity index (χ0n) is 24.7. The van der Waals surface area contributed by atoms with Crippen molar-refractivity contribution in [2.24, 2.45) is 11.8 Å². The molecule has 3 unspecified atom stereocenters. The fourth-order valence-electron chi connectivity index (χ4n) is 7.16. The molecule has 3 saturated heterocycles. The van der Waals surface area contributed by atoms with Crippen LogP contribution in [0.25, 0.3) is 11.0 Å². The summed E-state index contributed by atoms with van der Waals surface area (Å²) in [7, 11) is 0. The summed E-state index contributed by atoms with van der Waals surface area (Å²) >= 11 is 5.51. The third-order valence-electron chi connectivity index (χ3n) is 8.91. The van der Waals surface area contributed by atoms with E-state index in [1.165, 1.54) is 0 Å². The number of benzene rings is 1. The first-order chi connectivity index (χ1) is 20.8. The molecule has 10 nitrogen and oxygen atoms in total. The van der Waals surface area contributed by atoms with Crippen LogP contribution in [0.4, 0.5) is 0 Å². The molecule has 2 aromatic rings. The number of rotatable bonds is 15. The average Bonchev–Trinajstić information content (AvgIpc) is 3.72. The molecule has 3 aliphatic heterocycles. The fourth-order valence-corrected chi connectivity index (χ4v) is 10.8. The molecule has 1 aromatic heterocycles. The summed E-state index contributed by atoms with van der Waals surface area (Å²) in [5, 5.41) is 17.8. The number of thioether (sulfide) groups is 1. The Kier molecular flexibility index (Phi) is 9.97. The Morgan fingerprint density at radius 2 is 1.91 bits per heavy atom. The standard InChI is InChI=1S/C31H41BrN6O4S/c1-4-14-35(15-5-2)28(40)24-25-29(41)37(17-10-7-11-18-39)27(31(25)19-21(32)26(24)43-31)30(42)36(16-6-3)20-38-23-13-9-8-12-22(23)33-34-38/h4,6,8-9,12-13,21,24-27,39H,1,3,5,7,10-11,14-20H2,2H3/t21?,24-,25-,26-,27?,31?/m0/s1. The molecule has 5 rings (SSSR count). The monoisotopic (exact) mass is 672 g/mol. The Morgan fingerprint density at radius 1 is 1.16 bits per heavy atom. The fraction of sp³-hybridized carbons (Fsp3) is 0.581. The second-order valence-corrected chi connectivity index (χ2v) is 14.3. The maximum Gasteiger partial charge on any atom is 0.248 e. The predicted octanol–water partition coefficient (Wildman–Crippen LogP) is 3.46. The topological polar surface area (TPSA) is 112 Å². The highest BCUT2D eigenvalue weighted by molar-refractivity contribution is 9.09. The Balaban J connectivity index is 1.52. The van der Waals surface area contributed by atoms with Crippen LogP contribution < -0.4 is 0 Å². The third kappa shape index (κ3) is 5.66. The Labute approximate surface area is 265 Å². The number of alkyl halides is 1. The van der Waals surface area contributed by atoms with Crippen LogP contribution in [0, 0.1) is 11.8 Å². The first-order valence-electron chi connectivity index (χ1n) is 15.1. The third-order valence-corrected chi connectivity index (χ3v) is 12.1. The van der Waals surface area contributed by atoms with Crippen LogP contribution in [-0.4, -0.2) is 106 Å². The molecule has 1 aromatic carbocycles. The van der Waals surface area contributed by atoms with Gasteiger partial charge in [0, 0.05) is 42.9 Å². The number of halogens is 1. The zero-order chi connectivity index (χ0) is 30.7. The average molecular weight is 674 g/mol. The summed E-state index contributed by atoms with van der Waals surface area (Å²) in [6.07, 6.45) is 6.87. The summed E-state index contributed by atoms with van der Waals surface area (Å²) in [6.45, 7) is 11.7. The molecule has 1 N–H and O–H groups in total. The Morgan fingerprint density at radius 3 is 2.63 bits per heavy atom. The van der Waals surface area contributed by atoms with Gasteiger partial charge in [-0.3, -0.25) is 14.4 Å². The van der Waals surface area contributed by atoms with Gasteiger partial charge in [-0.25, -0.2) is 4.68 Å². The van der Waals surface area contributed by atoms with Crippen molar-refractivity contribution in [2.75, 3.05) is 32.8 Å². The number of nitrogens with zero attached hydrogens (tertiary/aromatic N) is 6. The van der Waals surface area contributed by atoms with E-state index in [0.717, 1.165) is 23.9 Å². The van der Waals surface area contributed by atoms with E-state index in [0.29, 0.717) is 38.9 Å². The lowest BCUT2D eigenvalue weighted by Crippen LogP contribution is -2.56. The number of carbonyl (C=O) groups excluding carboxylic acids is 3. The van der Waals surface area contributed by atoms with E-state index in [-0.39, 0.29) is 47.6 Å². The van der Waals surface area contributed by atoms with E-state index in [9.17, 15) is 19.5 Å². The van der Waals surface area contributed by atoms with Crippen LogP contribution in [0.15, 0.2) is 49.6 Å². The van der Waals surface area contributed by atoms with Gasteiger partial charge in [-0.1, -0.05) is 52.4 Å². The number of aromatic nitrogens is 3. The van der Waals surface area contributed by atoms with Crippen LogP contribution >= 0.6 is 27.7 Å². The molecule has 3 aliphatic rings. The number of carbonyl (C=O) groups is 3. The van der Waals surface area contributed by atoms with Crippen LogP contribution in [0.5, 0.6) is 0 Å². The van der Waals surface area contributed by atoms with Gasteiger partial charge in [0.1, 0.15) is 18.2 Å². The molecule has 2 bridgehead atoms. The highest BCUT2D eigenvalue weighted by Gasteiger charge is 2.76. The van der Waals surface area contributed by atoms with Crippen molar-refractivity contribution in [3.8, 4) is 0 Å². The molecule has 0 aliphatic carbocycles. The van der Waals surface area contributed by atoms with Gasteiger partial charge in [-0.2, -0.15) is 0 Å². The minimum atomic E-state index is -0.736. The van der Waals surface area contributed by atoms with E-state index in [2.05, 4.69) is 39.4 Å². The lowest BCUT2D eigenvalue weighted by Gasteiger charge is -2.38. The van der Waals surface area contributed by atoms with Crippen molar-refractivity contribution in [2.45, 2.75) is 66.6 Å². The molecule has 6 atom stereocenters. The van der Waals surface area contributed by atoms with E-state index in [4.69, 9.17) is 0 Å². The lowest BCUT2D eigenvalue weighted by atomic mass is 9.70. The van der Waals surface area contributed by atoms with Crippen LogP contribution in [-0.2, 0) is 21.1 Å². The molecule has 232 valence electrons. The zero-order valence-corrected chi connectivity index (χ0v) is 27.1. The number of likely N-dealkylation sites (tertiary alicyclic amines) is 1. The van der Waals surface area contributed by atoms with Crippen molar-refractivity contribution in [3.63, 3.8) is 0 Å². The minimum absolute atomic E-state index is 0.000500. The first kappa shape index (κ1) is 31.7. The van der Waals surface area contributed by atoms with Crippen LogP contribution in [0.1, 0.15) is 39.0 Å². The number of unbranched alkanes of at least 4 members (excludes halogenated alkanes) is 2. The van der Waals surface area contributed by atoms with Gasteiger partial charge in [0.2, 0.25) is 17.7 Å². The Hall–Kier alpha value is -2.70. The normalized spacial score (nSPS) is 27.5. The first-order valence-corrected chi connectivity index (χ1v) is 16.9. The molecule has 1 spiro atoms. The number of para-hydroxylation sites is 1. The van der Waals surface area contributed by atoms with Gasteiger partial charge >= 0.3 is 0 Å². The van der Waals surface area contributed by atoms with Crippen molar-refractivity contribution >= 4 is 56.4 Å². The van der Waals surface area contributed by atoms with E-state index in [1.54, 1.807) is 43.3 Å². The number of aliphatic hydroxyl groups is 1. The van der Waals surface area contributed by atoms with Crippen LogP contribution in [0.2, 0.25) is 0 Å². The molecule has 3 fully saturated rings. The molecule has 3 amide bonds. The Bertz CT molecular complexity index is 1370. The maximum absolute atomic E-state index is 14.7. The van der Waals surface area contributed by atoms with Gasteiger partial charge in [0.05, 0.1) is 22.1 Å². The predicted molar refractivity (Wildman–Crippen MR) is 171 cm³/mol. The number of amides is 3. The molecule has 0 radical (unpaired) electrons. The largest absolute Gasteiger partial charge is 0.396 e. The highest BCUT2D eigenvalue weighted by Crippen LogP contribution is 2.68. The van der Waals surface area contributed by atoms with Crippen molar-refractivity contribution in [1.82, 2.24) is 29.7 Å². The lowest BCUT2D eigenvalue weighted by molar-refractivity contribution is -0.145. The van der Waals surface area contributed by atoms with Crippen molar-refractivity contribution in [1.29, 1.82) is 0 Å². The van der Waals surface area contributed by atoms with Gasteiger partial charge in [-0.15, -0.1) is 30.0 Å². The van der Waals surface area contributed by atoms with Gasteiger partial charge in [-0.05, 0) is 44.2 Å². The molecule has 12 heteroatoms. The summed E-state index contributed by atoms with van der Waals surface area (Å²) < 4.78 is 0.964. The van der Waals surface area contributed by atoms with Crippen LogP contribution in [0.3, 0.4) is 0 Å². The number of hydrogen-bond acceptors (Lipinski definition) is 7. The molecular formula is C31H41BrN6O4S. The maximum atomic E-state index is 14.7. The number of fused-ring (bicyclic) bond motifs is 2. The summed E-state index contributed by atoms with van der Waals surface area (Å²) in [5.74, 6) is -1.43. The number of aliphatic hydroxyl groups excluding tert-OH is 1. The van der Waals surface area contributed by atoms with Crippen molar-refractivity contribution < 1.29 is 19.5 Å². The SMILES string of the molecule is C=CCN(Cn1nnc2ccccc21)C(=O)C1N(CCCCCO)C(=O)[C@@H]2[C@H](C(=O)N(CC=C)CCC)[C@H]3SC12CC3Br. The second kappa shape index (κ2) is 13.5. The molecular weight excluding hydrogens is 632 g/mol. The quantitative estimate of drug-likeness (QED) is 0.175. The van der Waals surface area contributed by atoms with Gasteiger partial charge < -0.3 is 19.8 Å².